The minimum absolute atomic E-state index is 0.275. The van der Waals surface area contributed by atoms with Crippen LogP contribution < -0.4 is 5.73 Å². The van der Waals surface area contributed by atoms with Crippen molar-refractivity contribution in [2.45, 2.75) is 25.2 Å². The Labute approximate surface area is 70.2 Å². The van der Waals surface area contributed by atoms with Crippen LogP contribution in [0.5, 0.6) is 0 Å². The lowest BCUT2D eigenvalue weighted by molar-refractivity contribution is 0.0991. The lowest BCUT2D eigenvalue weighted by Gasteiger charge is -2.23. The number of imidazole rings is 1. The van der Waals surface area contributed by atoms with Gasteiger partial charge in [-0.25, -0.2) is 4.98 Å². The Hall–Kier alpha value is -1.32. The molecule has 1 fully saturated rings. The maximum atomic E-state index is 10.7. The molecule has 1 aromatic heterocycles. The molecule has 12 heavy (non-hydrogen) atoms. The molecule has 64 valence electrons. The highest BCUT2D eigenvalue weighted by atomic mass is 16.1. The molecule has 1 heterocycles. The first-order chi connectivity index (χ1) is 5.77. The Morgan fingerprint density at radius 3 is 2.83 bits per heavy atom. The summed E-state index contributed by atoms with van der Waals surface area (Å²) in [5.41, 5.74) is 6.10. The van der Waals surface area contributed by atoms with Crippen molar-refractivity contribution in [3.63, 3.8) is 0 Å². The first-order valence-electron chi connectivity index (χ1n) is 4.12. The Morgan fingerprint density at radius 2 is 2.42 bits per heavy atom. The number of hydrogen-bond donors (Lipinski definition) is 2. The van der Waals surface area contributed by atoms with Crippen LogP contribution in [0.25, 0.3) is 0 Å². The van der Waals surface area contributed by atoms with Crippen LogP contribution in [0.4, 0.5) is 0 Å². The number of carbonyl (C=O) groups is 1. The molecular formula is C8H11N3O. The predicted molar refractivity (Wildman–Crippen MR) is 43.7 cm³/mol. The highest BCUT2D eigenvalue weighted by molar-refractivity contribution is 5.88. The van der Waals surface area contributed by atoms with E-state index in [-0.39, 0.29) is 5.82 Å². The van der Waals surface area contributed by atoms with Gasteiger partial charge in [0.15, 0.2) is 5.82 Å². The monoisotopic (exact) mass is 165 g/mol. The molecule has 3 N–H and O–H groups in total. The third kappa shape index (κ3) is 1.09. The van der Waals surface area contributed by atoms with Gasteiger partial charge in [0.05, 0.1) is 0 Å². The minimum atomic E-state index is -0.486. The average Bonchev–Trinajstić information content (AvgIpc) is 2.32. The third-order valence-electron chi connectivity index (χ3n) is 2.37. The number of aromatic amines is 1. The predicted octanol–water partition coefficient (Wildman–Crippen LogP) is 0.776. The van der Waals surface area contributed by atoms with Crippen molar-refractivity contribution >= 4 is 5.91 Å². The quantitative estimate of drug-likeness (QED) is 0.679. The van der Waals surface area contributed by atoms with E-state index in [1.807, 2.05) is 0 Å². The van der Waals surface area contributed by atoms with Crippen LogP contribution in [0, 0.1) is 0 Å². The van der Waals surface area contributed by atoms with E-state index in [0.29, 0.717) is 5.92 Å². The molecule has 0 unspecified atom stereocenters. The number of H-pyrrole nitrogens is 1. The molecule has 1 saturated carbocycles. The molecule has 0 radical (unpaired) electrons. The smallest absolute Gasteiger partial charge is 0.284 e. The lowest BCUT2D eigenvalue weighted by Crippen LogP contribution is -2.14. The highest BCUT2D eigenvalue weighted by Gasteiger charge is 2.21. The number of carbonyl (C=O) groups excluding carboxylic acids is 1. The van der Waals surface area contributed by atoms with Crippen LogP contribution in [-0.2, 0) is 0 Å². The third-order valence-corrected chi connectivity index (χ3v) is 2.37. The molecule has 1 aliphatic rings. The highest BCUT2D eigenvalue weighted by Crippen LogP contribution is 2.34. The van der Waals surface area contributed by atoms with Gasteiger partial charge < -0.3 is 10.7 Å². The maximum Gasteiger partial charge on any atom is 0.284 e. The molecule has 4 heteroatoms. The summed E-state index contributed by atoms with van der Waals surface area (Å²) in [6.45, 7) is 0. The Morgan fingerprint density at radius 1 is 1.67 bits per heavy atom. The zero-order valence-corrected chi connectivity index (χ0v) is 6.71. The van der Waals surface area contributed by atoms with Gasteiger partial charge in [-0.1, -0.05) is 6.42 Å². The van der Waals surface area contributed by atoms with Crippen LogP contribution >= 0.6 is 0 Å². The Balaban J connectivity index is 2.17. The zero-order chi connectivity index (χ0) is 8.55. The van der Waals surface area contributed by atoms with Gasteiger partial charge >= 0.3 is 0 Å². The number of primary amides is 1. The van der Waals surface area contributed by atoms with Crippen molar-refractivity contribution in [2.75, 3.05) is 0 Å². The fourth-order valence-corrected chi connectivity index (χ4v) is 1.39. The van der Waals surface area contributed by atoms with E-state index in [1.54, 1.807) is 6.20 Å². The molecule has 2 rings (SSSR count). The lowest BCUT2D eigenvalue weighted by atomic mass is 9.83. The summed E-state index contributed by atoms with van der Waals surface area (Å²) in [6, 6.07) is 0. The van der Waals surface area contributed by atoms with Crippen LogP contribution in [0.15, 0.2) is 6.20 Å². The van der Waals surface area contributed by atoms with Crippen molar-refractivity contribution in [1.82, 2.24) is 9.97 Å². The largest absolute Gasteiger partial charge is 0.363 e. The van der Waals surface area contributed by atoms with Crippen LogP contribution in [0.1, 0.15) is 41.5 Å². The number of nitrogens with two attached hydrogens (primary N) is 1. The zero-order valence-electron chi connectivity index (χ0n) is 6.71. The molecule has 4 nitrogen and oxygen atoms in total. The summed E-state index contributed by atoms with van der Waals surface area (Å²) < 4.78 is 0. The van der Waals surface area contributed by atoms with Crippen molar-refractivity contribution in [3.8, 4) is 0 Å². The first-order valence-corrected chi connectivity index (χ1v) is 4.12. The van der Waals surface area contributed by atoms with Crippen LogP contribution in [0.3, 0.4) is 0 Å². The van der Waals surface area contributed by atoms with Crippen molar-refractivity contribution in [3.05, 3.63) is 17.7 Å². The second-order valence-electron chi connectivity index (χ2n) is 3.18. The molecule has 0 atom stereocenters. The summed E-state index contributed by atoms with van der Waals surface area (Å²) in [6.07, 6.45) is 5.38. The SMILES string of the molecule is NC(=O)c1ncc(C2CCC2)[nH]1. The van der Waals surface area contributed by atoms with E-state index in [2.05, 4.69) is 9.97 Å². The summed E-state index contributed by atoms with van der Waals surface area (Å²) in [5, 5.41) is 0. The normalized spacial score (nSPS) is 17.3. The molecule has 0 aliphatic heterocycles. The van der Waals surface area contributed by atoms with Gasteiger partial charge in [-0.05, 0) is 12.8 Å². The number of amides is 1. The Bertz CT molecular complexity index is 301. The van der Waals surface area contributed by atoms with Crippen LogP contribution in [-0.4, -0.2) is 15.9 Å². The number of hydrogen-bond acceptors (Lipinski definition) is 2. The van der Waals surface area contributed by atoms with Crippen molar-refractivity contribution in [2.24, 2.45) is 5.73 Å². The van der Waals surface area contributed by atoms with E-state index in [4.69, 9.17) is 5.73 Å². The summed E-state index contributed by atoms with van der Waals surface area (Å²) >= 11 is 0. The van der Waals surface area contributed by atoms with Crippen LogP contribution in [0.2, 0.25) is 0 Å². The molecule has 0 aromatic carbocycles. The fraction of sp³-hybridized carbons (Fsp3) is 0.500. The molecule has 1 amide bonds. The van der Waals surface area contributed by atoms with E-state index in [9.17, 15) is 4.79 Å². The molecule has 0 spiro atoms. The van der Waals surface area contributed by atoms with E-state index in [0.717, 1.165) is 5.69 Å². The number of rotatable bonds is 2. The van der Waals surface area contributed by atoms with Gasteiger partial charge in [-0.15, -0.1) is 0 Å². The Kier molecular flexibility index (Phi) is 1.60. The second kappa shape index (κ2) is 2.62. The van der Waals surface area contributed by atoms with Gasteiger partial charge in [0.25, 0.3) is 5.91 Å². The van der Waals surface area contributed by atoms with Gasteiger partial charge in [0.1, 0.15) is 0 Å². The van der Waals surface area contributed by atoms with Gasteiger partial charge in [-0.3, -0.25) is 4.79 Å². The first kappa shape index (κ1) is 7.34. The van der Waals surface area contributed by atoms with Crippen molar-refractivity contribution in [1.29, 1.82) is 0 Å². The summed E-state index contributed by atoms with van der Waals surface area (Å²) in [4.78, 5) is 17.5. The summed E-state index contributed by atoms with van der Waals surface area (Å²) in [5.74, 6) is 0.364. The molecule has 1 aliphatic carbocycles. The van der Waals surface area contributed by atoms with E-state index >= 15 is 0 Å². The van der Waals surface area contributed by atoms with Gasteiger partial charge in [-0.2, -0.15) is 0 Å². The van der Waals surface area contributed by atoms with E-state index < -0.39 is 5.91 Å². The number of nitrogens with one attached hydrogen (secondary N) is 1. The molecular weight excluding hydrogens is 154 g/mol. The molecule has 0 saturated heterocycles. The summed E-state index contributed by atoms with van der Waals surface area (Å²) in [7, 11) is 0. The second-order valence-corrected chi connectivity index (χ2v) is 3.18. The van der Waals surface area contributed by atoms with Crippen molar-refractivity contribution < 1.29 is 4.79 Å². The topological polar surface area (TPSA) is 71.8 Å². The minimum Gasteiger partial charge on any atom is -0.363 e. The average molecular weight is 165 g/mol. The van der Waals surface area contributed by atoms with E-state index in [1.165, 1.54) is 19.3 Å². The van der Waals surface area contributed by atoms with Gasteiger partial charge in [0.2, 0.25) is 0 Å². The van der Waals surface area contributed by atoms with Gasteiger partial charge in [0, 0.05) is 17.8 Å². The molecule has 0 bridgehead atoms. The number of aromatic nitrogens is 2. The maximum absolute atomic E-state index is 10.7. The fourth-order valence-electron chi connectivity index (χ4n) is 1.39. The number of nitrogens with zero attached hydrogens (tertiary/aromatic N) is 1. The standard InChI is InChI=1S/C8H11N3O/c9-7(12)8-10-4-6(11-8)5-2-1-3-5/h4-5H,1-3H2,(H2,9,12)(H,10,11). The molecule has 1 aromatic rings.